The van der Waals surface area contributed by atoms with Gasteiger partial charge in [0.15, 0.2) is 6.29 Å². The summed E-state index contributed by atoms with van der Waals surface area (Å²) in [6.45, 7) is 8.70. The molecule has 162 valence electrons. The molecule has 2 fully saturated rings. The van der Waals surface area contributed by atoms with E-state index in [9.17, 15) is 4.79 Å². The number of hydrogen-bond donors (Lipinski definition) is 0. The molecule has 0 aromatic heterocycles. The van der Waals surface area contributed by atoms with E-state index in [0.717, 1.165) is 62.2 Å². The summed E-state index contributed by atoms with van der Waals surface area (Å²) in [5.74, 6) is 1.47. The summed E-state index contributed by atoms with van der Waals surface area (Å²) in [6, 6.07) is 6.13. The van der Waals surface area contributed by atoms with Gasteiger partial charge in [0, 0.05) is 31.2 Å². The van der Waals surface area contributed by atoms with E-state index in [1.54, 1.807) is 7.11 Å². The fourth-order valence-corrected chi connectivity index (χ4v) is 4.53. The van der Waals surface area contributed by atoms with E-state index in [2.05, 4.69) is 39.9 Å². The third kappa shape index (κ3) is 6.33. The molecule has 1 aromatic carbocycles. The van der Waals surface area contributed by atoms with Crippen LogP contribution in [0, 0.1) is 5.92 Å². The van der Waals surface area contributed by atoms with Crippen molar-refractivity contribution < 1.29 is 19.0 Å². The number of ether oxygens (including phenoxy) is 3. The summed E-state index contributed by atoms with van der Waals surface area (Å²) in [5, 5.41) is 0. The normalized spacial score (nSPS) is 23.4. The van der Waals surface area contributed by atoms with Crippen molar-refractivity contribution in [1.29, 1.82) is 0 Å². The summed E-state index contributed by atoms with van der Waals surface area (Å²) >= 11 is 3.68. The van der Waals surface area contributed by atoms with Crippen LogP contribution in [0.15, 0.2) is 22.7 Å². The van der Waals surface area contributed by atoms with E-state index in [-0.39, 0.29) is 18.5 Å². The van der Waals surface area contributed by atoms with Crippen molar-refractivity contribution in [1.82, 2.24) is 9.80 Å². The van der Waals surface area contributed by atoms with Crippen molar-refractivity contribution in [2.75, 3.05) is 39.8 Å². The third-order valence-corrected chi connectivity index (χ3v) is 6.51. The Morgan fingerprint density at radius 1 is 1.31 bits per heavy atom. The number of carbonyl (C=O) groups is 1. The van der Waals surface area contributed by atoms with Gasteiger partial charge in [0.05, 0.1) is 6.54 Å². The number of halogens is 1. The summed E-state index contributed by atoms with van der Waals surface area (Å²) in [6.07, 6.45) is 3.74. The molecule has 29 heavy (non-hydrogen) atoms. The first kappa shape index (κ1) is 22.4. The fourth-order valence-electron chi connectivity index (χ4n) is 4.12. The zero-order valence-electron chi connectivity index (χ0n) is 17.7. The van der Waals surface area contributed by atoms with Crippen LogP contribution in [0.3, 0.4) is 0 Å². The summed E-state index contributed by atoms with van der Waals surface area (Å²) in [4.78, 5) is 16.2. The minimum Gasteiger partial charge on any atom is -0.465 e. The van der Waals surface area contributed by atoms with Gasteiger partial charge in [0.1, 0.15) is 11.9 Å². The van der Waals surface area contributed by atoms with Gasteiger partial charge in [-0.1, -0.05) is 22.9 Å². The van der Waals surface area contributed by atoms with Crippen LogP contribution in [-0.2, 0) is 15.9 Å². The van der Waals surface area contributed by atoms with E-state index in [4.69, 9.17) is 14.2 Å². The zero-order valence-corrected chi connectivity index (χ0v) is 19.3. The van der Waals surface area contributed by atoms with Gasteiger partial charge in [-0.05, 0) is 68.8 Å². The van der Waals surface area contributed by atoms with Crippen LogP contribution in [0.1, 0.15) is 38.7 Å². The Labute approximate surface area is 182 Å². The Kier molecular flexibility index (Phi) is 8.21. The van der Waals surface area contributed by atoms with Crippen molar-refractivity contribution in [3.63, 3.8) is 0 Å². The van der Waals surface area contributed by atoms with Crippen LogP contribution >= 0.6 is 15.9 Å². The number of amides is 1. The molecular weight excluding hydrogens is 436 g/mol. The maximum Gasteiger partial charge on any atom is 0.410 e. The molecule has 0 aliphatic carbocycles. The predicted octanol–water partition coefficient (Wildman–Crippen LogP) is 4.31. The molecule has 6 nitrogen and oxygen atoms in total. The zero-order chi connectivity index (χ0) is 20.8. The maximum absolute atomic E-state index is 11.8. The highest BCUT2D eigenvalue weighted by Gasteiger charge is 2.31. The largest absolute Gasteiger partial charge is 0.465 e. The van der Waals surface area contributed by atoms with E-state index in [1.165, 1.54) is 12.0 Å². The molecule has 3 atom stereocenters. The second kappa shape index (κ2) is 10.6. The van der Waals surface area contributed by atoms with Crippen LogP contribution < -0.4 is 4.74 Å². The van der Waals surface area contributed by atoms with Crippen LogP contribution in [-0.4, -0.2) is 68.1 Å². The first-order valence-electron chi connectivity index (χ1n) is 10.6. The van der Waals surface area contributed by atoms with Crippen molar-refractivity contribution >= 4 is 22.0 Å². The number of cyclic esters (lactones) is 1. The number of nitrogens with zero attached hydrogens (tertiary/aromatic N) is 2. The van der Waals surface area contributed by atoms with Gasteiger partial charge in [-0.15, -0.1) is 0 Å². The topological polar surface area (TPSA) is 51.2 Å². The van der Waals surface area contributed by atoms with Crippen molar-refractivity contribution in [3.8, 4) is 5.75 Å². The van der Waals surface area contributed by atoms with Gasteiger partial charge in [0.25, 0.3) is 0 Å². The van der Waals surface area contributed by atoms with E-state index < -0.39 is 0 Å². The lowest BCUT2D eigenvalue weighted by atomic mass is 9.98. The monoisotopic (exact) mass is 468 g/mol. The van der Waals surface area contributed by atoms with Crippen molar-refractivity contribution in [3.05, 3.63) is 28.2 Å². The van der Waals surface area contributed by atoms with Gasteiger partial charge in [-0.3, -0.25) is 0 Å². The molecule has 7 heteroatoms. The SMILES string of the molecule is CCCN1CC(CCN2CCC(Cc3cc(OC(C)OC)ccc3Br)C2)OC1=O. The lowest BCUT2D eigenvalue weighted by molar-refractivity contribution is -0.0383. The fraction of sp³-hybridized carbons (Fsp3) is 0.682. The highest BCUT2D eigenvalue weighted by atomic mass is 79.9. The van der Waals surface area contributed by atoms with Crippen molar-refractivity contribution in [2.24, 2.45) is 5.92 Å². The van der Waals surface area contributed by atoms with E-state index in [1.807, 2.05) is 17.9 Å². The molecule has 0 radical (unpaired) electrons. The molecule has 2 aliphatic heterocycles. The van der Waals surface area contributed by atoms with Crippen LogP contribution in [0.5, 0.6) is 5.75 Å². The maximum atomic E-state index is 11.8. The van der Waals surface area contributed by atoms with Crippen LogP contribution in [0.2, 0.25) is 0 Å². The first-order chi connectivity index (χ1) is 14.0. The third-order valence-electron chi connectivity index (χ3n) is 5.74. The second-order valence-electron chi connectivity index (χ2n) is 8.07. The average molecular weight is 469 g/mol. The van der Waals surface area contributed by atoms with Gasteiger partial charge in [0.2, 0.25) is 0 Å². The number of likely N-dealkylation sites (tertiary alicyclic amines) is 1. The summed E-state index contributed by atoms with van der Waals surface area (Å²) < 4.78 is 17.6. The van der Waals surface area contributed by atoms with Gasteiger partial charge >= 0.3 is 6.09 Å². The Bertz CT molecular complexity index is 687. The molecule has 0 bridgehead atoms. The molecule has 1 aromatic rings. The molecule has 0 spiro atoms. The second-order valence-corrected chi connectivity index (χ2v) is 8.93. The van der Waals surface area contributed by atoms with E-state index >= 15 is 0 Å². The van der Waals surface area contributed by atoms with Crippen LogP contribution in [0.4, 0.5) is 4.79 Å². The van der Waals surface area contributed by atoms with Crippen LogP contribution in [0.25, 0.3) is 0 Å². The highest BCUT2D eigenvalue weighted by Crippen LogP contribution is 2.29. The molecule has 1 amide bonds. The number of hydrogen-bond acceptors (Lipinski definition) is 5. The lowest BCUT2D eigenvalue weighted by Gasteiger charge is -2.18. The standard InChI is InChI=1S/C22H33BrN2O4/c1-4-9-25-15-20(29-22(25)26)8-11-24-10-7-17(14-24)12-18-13-19(5-6-21(18)23)28-16(2)27-3/h5-6,13,16-17,20H,4,7-12,14-15H2,1-3H3. The minimum absolute atomic E-state index is 0.0406. The van der Waals surface area contributed by atoms with Gasteiger partial charge in [-0.25, -0.2) is 4.79 Å². The molecule has 3 rings (SSSR count). The van der Waals surface area contributed by atoms with Gasteiger partial charge < -0.3 is 24.0 Å². The van der Waals surface area contributed by atoms with E-state index in [0.29, 0.717) is 5.92 Å². The quantitative estimate of drug-likeness (QED) is 0.479. The summed E-state index contributed by atoms with van der Waals surface area (Å²) in [7, 11) is 1.64. The molecule has 2 aliphatic rings. The number of methoxy groups -OCH3 is 1. The molecule has 3 unspecified atom stereocenters. The smallest absolute Gasteiger partial charge is 0.410 e. The Balaban J connectivity index is 1.45. The minimum atomic E-state index is -0.260. The Morgan fingerprint density at radius 2 is 2.14 bits per heavy atom. The lowest BCUT2D eigenvalue weighted by Crippen LogP contribution is -2.28. The molecule has 0 saturated carbocycles. The first-order valence-corrected chi connectivity index (χ1v) is 11.4. The highest BCUT2D eigenvalue weighted by molar-refractivity contribution is 9.10. The Hall–Kier alpha value is -1.31. The van der Waals surface area contributed by atoms with Crippen molar-refractivity contribution in [2.45, 2.75) is 51.9 Å². The number of benzene rings is 1. The van der Waals surface area contributed by atoms with Gasteiger partial charge in [-0.2, -0.15) is 0 Å². The molecule has 0 N–H and O–H groups in total. The predicted molar refractivity (Wildman–Crippen MR) is 116 cm³/mol. The number of carbonyl (C=O) groups excluding carboxylic acids is 1. The molecular formula is C22H33BrN2O4. The average Bonchev–Trinajstić information content (AvgIpc) is 3.29. The summed E-state index contributed by atoms with van der Waals surface area (Å²) in [5.41, 5.74) is 1.28. The molecule has 2 heterocycles. The molecule has 2 saturated heterocycles. The Morgan fingerprint density at radius 3 is 2.90 bits per heavy atom. The number of rotatable bonds is 10.